The molecule has 1 fully saturated rings. The Hall–Kier alpha value is -1.76. The summed E-state index contributed by atoms with van der Waals surface area (Å²) in [5, 5.41) is 3.41. The summed E-state index contributed by atoms with van der Waals surface area (Å²) >= 11 is 1.25. The molecule has 5 nitrogen and oxygen atoms in total. The first-order chi connectivity index (χ1) is 11.4. The van der Waals surface area contributed by atoms with Gasteiger partial charge in [-0.2, -0.15) is 8.75 Å². The largest absolute Gasteiger partial charge is 0.462 e. The Kier molecular flexibility index (Phi) is 4.37. The molecule has 1 aliphatic rings. The molecule has 1 unspecified atom stereocenters. The molecule has 3 heterocycles. The summed E-state index contributed by atoms with van der Waals surface area (Å²) in [7, 11) is 0. The van der Waals surface area contributed by atoms with E-state index in [2.05, 4.69) is 26.2 Å². The van der Waals surface area contributed by atoms with Crippen molar-refractivity contribution in [2.45, 2.75) is 38.5 Å². The highest BCUT2D eigenvalue weighted by molar-refractivity contribution is 7.00. The molecule has 1 saturated heterocycles. The van der Waals surface area contributed by atoms with E-state index in [1.807, 2.05) is 18.2 Å². The molecule has 2 aromatic heterocycles. The first-order valence-corrected chi connectivity index (χ1v) is 8.74. The number of aromatic nitrogens is 2. The molecular weight excluding hydrogens is 310 g/mol. The SMILES string of the molecule is c1cc2nsnc2cc1CNCc1ccc(C2CCCCO2)o1. The van der Waals surface area contributed by atoms with Crippen molar-refractivity contribution in [3.63, 3.8) is 0 Å². The topological polar surface area (TPSA) is 60.2 Å². The van der Waals surface area contributed by atoms with Crippen LogP contribution in [0.3, 0.4) is 0 Å². The number of nitrogens with zero attached hydrogens (tertiary/aromatic N) is 2. The molecular formula is C17H19N3O2S. The van der Waals surface area contributed by atoms with Gasteiger partial charge in [0.2, 0.25) is 0 Å². The second kappa shape index (κ2) is 6.78. The van der Waals surface area contributed by atoms with Gasteiger partial charge in [0.25, 0.3) is 0 Å². The number of nitrogens with one attached hydrogen (secondary N) is 1. The molecule has 0 bridgehead atoms. The maximum absolute atomic E-state index is 5.91. The standard InChI is InChI=1S/C17H19N3O2S/c1-2-8-21-16(3-1)17-7-5-13(22-17)11-18-10-12-4-6-14-15(9-12)20-23-19-14/h4-7,9,16,18H,1-3,8,10-11H2. The maximum atomic E-state index is 5.91. The van der Waals surface area contributed by atoms with E-state index in [4.69, 9.17) is 9.15 Å². The zero-order chi connectivity index (χ0) is 15.5. The summed E-state index contributed by atoms with van der Waals surface area (Å²) in [5.74, 6) is 1.90. The van der Waals surface area contributed by atoms with Gasteiger partial charge in [0.15, 0.2) is 0 Å². The Bertz CT molecular complexity index is 777. The van der Waals surface area contributed by atoms with Crippen molar-refractivity contribution in [1.29, 1.82) is 0 Å². The van der Waals surface area contributed by atoms with Gasteiger partial charge in [-0.05, 0) is 49.1 Å². The van der Waals surface area contributed by atoms with Crippen LogP contribution in [-0.4, -0.2) is 15.4 Å². The number of hydrogen-bond acceptors (Lipinski definition) is 6. The Balaban J connectivity index is 1.33. The summed E-state index contributed by atoms with van der Waals surface area (Å²) in [4.78, 5) is 0. The van der Waals surface area contributed by atoms with Gasteiger partial charge < -0.3 is 14.5 Å². The van der Waals surface area contributed by atoms with Crippen molar-refractivity contribution in [2.75, 3.05) is 6.61 Å². The Labute approximate surface area is 139 Å². The molecule has 0 amide bonds. The van der Waals surface area contributed by atoms with Crippen molar-refractivity contribution in [2.24, 2.45) is 0 Å². The first-order valence-electron chi connectivity index (χ1n) is 8.00. The van der Waals surface area contributed by atoms with Crippen LogP contribution in [0.15, 0.2) is 34.7 Å². The Morgan fingerprint density at radius 1 is 1.09 bits per heavy atom. The molecule has 120 valence electrons. The van der Waals surface area contributed by atoms with Crippen LogP contribution in [0.5, 0.6) is 0 Å². The summed E-state index contributed by atoms with van der Waals surface area (Å²) < 4.78 is 20.2. The lowest BCUT2D eigenvalue weighted by atomic mass is 10.1. The van der Waals surface area contributed by atoms with Crippen molar-refractivity contribution in [3.8, 4) is 0 Å². The molecule has 4 rings (SSSR count). The molecule has 0 aliphatic carbocycles. The summed E-state index contributed by atoms with van der Waals surface area (Å²) in [6, 6.07) is 10.3. The van der Waals surface area contributed by atoms with Crippen LogP contribution >= 0.6 is 11.7 Å². The van der Waals surface area contributed by atoms with E-state index < -0.39 is 0 Å². The van der Waals surface area contributed by atoms with Gasteiger partial charge >= 0.3 is 0 Å². The van der Waals surface area contributed by atoms with Gasteiger partial charge in [-0.3, -0.25) is 0 Å². The minimum absolute atomic E-state index is 0.136. The molecule has 1 aromatic carbocycles. The van der Waals surface area contributed by atoms with Crippen LogP contribution in [-0.2, 0) is 17.8 Å². The number of benzene rings is 1. The summed E-state index contributed by atoms with van der Waals surface area (Å²) in [5.41, 5.74) is 3.12. The van der Waals surface area contributed by atoms with Crippen LogP contribution in [0.25, 0.3) is 11.0 Å². The lowest BCUT2D eigenvalue weighted by Gasteiger charge is -2.20. The smallest absolute Gasteiger partial charge is 0.133 e. The van der Waals surface area contributed by atoms with Crippen molar-refractivity contribution in [3.05, 3.63) is 47.4 Å². The van der Waals surface area contributed by atoms with Crippen molar-refractivity contribution < 1.29 is 9.15 Å². The highest BCUT2D eigenvalue weighted by Gasteiger charge is 2.19. The predicted octanol–water partition coefficient (Wildman–Crippen LogP) is 3.82. The zero-order valence-electron chi connectivity index (χ0n) is 12.8. The van der Waals surface area contributed by atoms with E-state index in [0.29, 0.717) is 6.54 Å². The van der Waals surface area contributed by atoms with E-state index in [1.165, 1.54) is 23.7 Å². The van der Waals surface area contributed by atoms with Gasteiger partial charge in [-0.25, -0.2) is 0 Å². The monoisotopic (exact) mass is 329 g/mol. The Morgan fingerprint density at radius 3 is 2.96 bits per heavy atom. The predicted molar refractivity (Wildman–Crippen MR) is 89.2 cm³/mol. The van der Waals surface area contributed by atoms with E-state index in [-0.39, 0.29) is 6.10 Å². The van der Waals surface area contributed by atoms with Gasteiger partial charge in [-0.1, -0.05) is 6.07 Å². The highest BCUT2D eigenvalue weighted by Crippen LogP contribution is 2.29. The summed E-state index contributed by atoms with van der Waals surface area (Å²) in [6.07, 6.45) is 3.57. The quantitative estimate of drug-likeness (QED) is 0.771. The number of rotatable bonds is 5. The average Bonchev–Trinajstić information content (AvgIpc) is 3.24. The van der Waals surface area contributed by atoms with E-state index in [1.54, 1.807) is 0 Å². The third-order valence-corrected chi connectivity index (χ3v) is 4.68. The first kappa shape index (κ1) is 14.8. The average molecular weight is 329 g/mol. The molecule has 23 heavy (non-hydrogen) atoms. The number of fused-ring (bicyclic) bond motifs is 1. The van der Waals surface area contributed by atoms with Crippen LogP contribution in [0.4, 0.5) is 0 Å². The van der Waals surface area contributed by atoms with Crippen LogP contribution in [0.1, 0.15) is 42.5 Å². The lowest BCUT2D eigenvalue weighted by Crippen LogP contribution is -2.12. The molecule has 0 saturated carbocycles. The molecule has 0 spiro atoms. The highest BCUT2D eigenvalue weighted by atomic mass is 32.1. The fourth-order valence-corrected chi connectivity index (χ4v) is 3.41. The number of furan rings is 1. The number of ether oxygens (including phenoxy) is 1. The lowest BCUT2D eigenvalue weighted by molar-refractivity contribution is 0.00122. The molecule has 3 aromatic rings. The molecule has 0 radical (unpaired) electrons. The zero-order valence-corrected chi connectivity index (χ0v) is 13.6. The fourth-order valence-electron chi connectivity index (χ4n) is 2.90. The Morgan fingerprint density at radius 2 is 2.04 bits per heavy atom. The normalized spacial score (nSPS) is 18.5. The van der Waals surface area contributed by atoms with Crippen molar-refractivity contribution in [1.82, 2.24) is 14.1 Å². The molecule has 6 heteroatoms. The minimum Gasteiger partial charge on any atom is -0.462 e. The number of hydrogen-bond donors (Lipinski definition) is 1. The molecule has 1 N–H and O–H groups in total. The third kappa shape index (κ3) is 3.44. The van der Waals surface area contributed by atoms with Crippen LogP contribution in [0, 0.1) is 0 Å². The van der Waals surface area contributed by atoms with E-state index >= 15 is 0 Å². The maximum Gasteiger partial charge on any atom is 0.133 e. The van der Waals surface area contributed by atoms with E-state index in [9.17, 15) is 0 Å². The van der Waals surface area contributed by atoms with Gasteiger partial charge in [0, 0.05) is 13.2 Å². The van der Waals surface area contributed by atoms with Gasteiger partial charge in [-0.15, -0.1) is 0 Å². The van der Waals surface area contributed by atoms with E-state index in [0.717, 1.165) is 48.5 Å². The van der Waals surface area contributed by atoms with Crippen LogP contribution in [0.2, 0.25) is 0 Å². The van der Waals surface area contributed by atoms with Crippen molar-refractivity contribution >= 4 is 22.8 Å². The molecule has 1 aliphatic heterocycles. The fraction of sp³-hybridized carbons (Fsp3) is 0.412. The van der Waals surface area contributed by atoms with Gasteiger partial charge in [0.1, 0.15) is 28.7 Å². The van der Waals surface area contributed by atoms with Gasteiger partial charge in [0.05, 0.1) is 18.3 Å². The second-order valence-electron chi connectivity index (χ2n) is 5.85. The third-order valence-electron chi connectivity index (χ3n) is 4.13. The minimum atomic E-state index is 0.136. The second-order valence-corrected chi connectivity index (χ2v) is 6.38. The summed E-state index contributed by atoms with van der Waals surface area (Å²) in [6.45, 7) is 2.33. The van der Waals surface area contributed by atoms with Crippen LogP contribution < -0.4 is 5.32 Å². The molecule has 1 atom stereocenters.